The van der Waals surface area contributed by atoms with Crippen molar-refractivity contribution in [1.82, 2.24) is 0 Å². The number of hydrogen-bond donors (Lipinski definition) is 0. The van der Waals surface area contributed by atoms with Crippen molar-refractivity contribution in [2.45, 2.75) is 6.92 Å². The van der Waals surface area contributed by atoms with Crippen molar-refractivity contribution in [3.63, 3.8) is 0 Å². The second kappa shape index (κ2) is 4.29. The lowest BCUT2D eigenvalue weighted by molar-refractivity contribution is -0.113. The zero-order valence-electron chi connectivity index (χ0n) is 9.04. The third-order valence-corrected chi connectivity index (χ3v) is 2.88. The second-order valence-corrected chi connectivity index (χ2v) is 4.46. The van der Waals surface area contributed by atoms with Crippen LogP contribution in [0.25, 0.3) is 6.08 Å². The van der Waals surface area contributed by atoms with E-state index in [1.54, 1.807) is 7.11 Å². The van der Waals surface area contributed by atoms with Crippen LogP contribution in [0.4, 0.5) is 0 Å². The van der Waals surface area contributed by atoms with Gasteiger partial charge in [-0.05, 0) is 25.1 Å². The molecule has 0 N–H and O–H groups in total. The number of carbonyl (C=O) groups excluding carboxylic acids is 1. The molecule has 0 atom stereocenters. The summed E-state index contributed by atoms with van der Waals surface area (Å²) < 4.78 is 11.7. The van der Waals surface area contributed by atoms with Gasteiger partial charge in [0.15, 0.2) is 17.3 Å². The molecule has 0 fully saturated rings. The van der Waals surface area contributed by atoms with Gasteiger partial charge in [-0.3, -0.25) is 4.79 Å². The van der Waals surface area contributed by atoms with Gasteiger partial charge in [0.05, 0.1) is 7.11 Å². The fraction of sp³-hybridized carbons (Fsp3) is 0.250. The van der Waals surface area contributed by atoms with E-state index in [0.29, 0.717) is 23.7 Å². The normalized spacial score (nSPS) is 13.6. The first-order valence-electron chi connectivity index (χ1n) is 4.83. The first-order chi connectivity index (χ1) is 7.61. The lowest BCUT2D eigenvalue weighted by Crippen LogP contribution is -2.13. The number of methoxy groups -OCH3 is 1. The Morgan fingerprint density at radius 1 is 1.50 bits per heavy atom. The quantitative estimate of drug-likeness (QED) is 0.837. The number of hydrogen-bond acceptors (Lipinski definition) is 3. The van der Waals surface area contributed by atoms with Crippen LogP contribution >= 0.6 is 15.9 Å². The van der Waals surface area contributed by atoms with E-state index in [-0.39, 0.29) is 5.78 Å². The van der Waals surface area contributed by atoms with Crippen LogP contribution in [-0.2, 0) is 4.79 Å². The molecular weight excluding hydrogens is 272 g/mol. The van der Waals surface area contributed by atoms with E-state index >= 15 is 0 Å². The number of halogens is 1. The van der Waals surface area contributed by atoms with E-state index in [1.165, 1.54) is 6.92 Å². The molecule has 0 saturated carbocycles. The molecule has 0 spiro atoms. The largest absolute Gasteiger partial charge is 0.493 e. The van der Waals surface area contributed by atoms with E-state index in [4.69, 9.17) is 9.47 Å². The van der Waals surface area contributed by atoms with Gasteiger partial charge in [0.2, 0.25) is 0 Å². The van der Waals surface area contributed by atoms with Gasteiger partial charge < -0.3 is 9.47 Å². The van der Waals surface area contributed by atoms with Crippen molar-refractivity contribution in [3.8, 4) is 11.5 Å². The Balaban J connectivity index is 2.54. The molecular formula is C12H11BrO3. The maximum absolute atomic E-state index is 11.3. The second-order valence-electron chi connectivity index (χ2n) is 3.54. The fourth-order valence-electron chi connectivity index (χ4n) is 1.58. The zero-order chi connectivity index (χ0) is 11.7. The topological polar surface area (TPSA) is 35.5 Å². The minimum Gasteiger partial charge on any atom is -0.493 e. The van der Waals surface area contributed by atoms with Crippen LogP contribution in [0.2, 0.25) is 0 Å². The van der Waals surface area contributed by atoms with Crippen molar-refractivity contribution >= 4 is 27.8 Å². The number of carbonyl (C=O) groups is 1. The van der Waals surface area contributed by atoms with Gasteiger partial charge >= 0.3 is 0 Å². The first-order valence-corrected chi connectivity index (χ1v) is 5.63. The molecule has 84 valence electrons. The summed E-state index contributed by atoms with van der Waals surface area (Å²) in [5, 5.41) is 0. The van der Waals surface area contributed by atoms with Gasteiger partial charge in [0.25, 0.3) is 0 Å². The van der Waals surface area contributed by atoms with Crippen LogP contribution in [0.3, 0.4) is 0 Å². The van der Waals surface area contributed by atoms with Gasteiger partial charge in [-0.15, -0.1) is 0 Å². The average Bonchev–Trinajstić information content (AvgIpc) is 2.26. The van der Waals surface area contributed by atoms with Gasteiger partial charge in [-0.25, -0.2) is 0 Å². The highest BCUT2D eigenvalue weighted by molar-refractivity contribution is 9.10. The maximum atomic E-state index is 11.3. The maximum Gasteiger partial charge on any atom is 0.168 e. The zero-order valence-corrected chi connectivity index (χ0v) is 10.6. The molecule has 0 aliphatic carbocycles. The molecule has 1 aromatic rings. The minimum atomic E-state index is 0.0320. The summed E-state index contributed by atoms with van der Waals surface area (Å²) in [6, 6.07) is 3.74. The smallest absolute Gasteiger partial charge is 0.168 e. The van der Waals surface area contributed by atoms with Crippen molar-refractivity contribution in [3.05, 3.63) is 27.7 Å². The van der Waals surface area contributed by atoms with Crippen LogP contribution in [0.15, 0.2) is 22.2 Å². The molecule has 3 nitrogen and oxygen atoms in total. The SMILES string of the molecule is COc1cc(Br)cc2c1OCC(C(C)=O)=C2. The Morgan fingerprint density at radius 3 is 2.88 bits per heavy atom. The van der Waals surface area contributed by atoms with Crippen LogP contribution in [-0.4, -0.2) is 19.5 Å². The monoisotopic (exact) mass is 282 g/mol. The molecule has 0 saturated heterocycles. The van der Waals surface area contributed by atoms with Gasteiger partial charge in [-0.1, -0.05) is 15.9 Å². The number of ether oxygens (including phenoxy) is 2. The number of Topliss-reactive ketones (excluding diaryl/α,β-unsaturated/α-hetero) is 1. The number of fused-ring (bicyclic) bond motifs is 1. The summed E-state index contributed by atoms with van der Waals surface area (Å²) in [5.41, 5.74) is 1.54. The Labute approximate surface area is 102 Å². The van der Waals surface area contributed by atoms with Gasteiger partial charge in [0, 0.05) is 15.6 Å². The molecule has 0 unspecified atom stereocenters. The van der Waals surface area contributed by atoms with Gasteiger partial charge in [-0.2, -0.15) is 0 Å². The van der Waals surface area contributed by atoms with Crippen LogP contribution in [0.5, 0.6) is 11.5 Å². The van der Waals surface area contributed by atoms with E-state index in [9.17, 15) is 4.79 Å². The molecule has 0 aromatic heterocycles. The van der Waals surface area contributed by atoms with Crippen LogP contribution < -0.4 is 9.47 Å². The first kappa shape index (κ1) is 11.2. The van der Waals surface area contributed by atoms with E-state index in [1.807, 2.05) is 18.2 Å². The number of benzene rings is 1. The van der Waals surface area contributed by atoms with Crippen LogP contribution in [0, 0.1) is 0 Å². The third-order valence-electron chi connectivity index (χ3n) is 2.42. The lowest BCUT2D eigenvalue weighted by Gasteiger charge is -2.19. The Bertz CT molecular complexity index is 477. The van der Waals surface area contributed by atoms with Crippen molar-refractivity contribution < 1.29 is 14.3 Å². The molecule has 1 aliphatic heterocycles. The number of rotatable bonds is 2. The van der Waals surface area contributed by atoms with Crippen molar-refractivity contribution in [2.75, 3.05) is 13.7 Å². The Kier molecular flexibility index (Phi) is 3.01. The van der Waals surface area contributed by atoms with E-state index in [0.717, 1.165) is 10.0 Å². The molecule has 1 aliphatic rings. The highest BCUT2D eigenvalue weighted by Gasteiger charge is 2.18. The molecule has 0 radical (unpaired) electrons. The van der Waals surface area contributed by atoms with Gasteiger partial charge in [0.1, 0.15) is 6.61 Å². The molecule has 16 heavy (non-hydrogen) atoms. The third kappa shape index (κ3) is 1.97. The van der Waals surface area contributed by atoms with E-state index in [2.05, 4.69) is 15.9 Å². The predicted octanol–water partition coefficient (Wildman–Crippen LogP) is 2.82. The lowest BCUT2D eigenvalue weighted by atomic mass is 10.0. The Hall–Kier alpha value is -1.29. The molecule has 2 rings (SSSR count). The molecule has 1 aromatic carbocycles. The molecule has 0 bridgehead atoms. The standard InChI is InChI=1S/C12H11BrO3/c1-7(14)9-3-8-4-10(13)5-11(15-2)12(8)16-6-9/h3-5H,6H2,1-2H3. The summed E-state index contributed by atoms with van der Waals surface area (Å²) in [6.07, 6.45) is 1.84. The molecule has 1 heterocycles. The van der Waals surface area contributed by atoms with Crippen LogP contribution in [0.1, 0.15) is 12.5 Å². The summed E-state index contributed by atoms with van der Waals surface area (Å²) in [4.78, 5) is 11.3. The summed E-state index contributed by atoms with van der Waals surface area (Å²) in [7, 11) is 1.59. The highest BCUT2D eigenvalue weighted by Crippen LogP contribution is 2.38. The highest BCUT2D eigenvalue weighted by atomic mass is 79.9. The summed E-state index contributed by atoms with van der Waals surface area (Å²) in [6.45, 7) is 1.84. The minimum absolute atomic E-state index is 0.0320. The summed E-state index contributed by atoms with van der Waals surface area (Å²) >= 11 is 3.39. The summed E-state index contributed by atoms with van der Waals surface area (Å²) in [5.74, 6) is 1.39. The Morgan fingerprint density at radius 2 is 2.25 bits per heavy atom. The van der Waals surface area contributed by atoms with Crippen molar-refractivity contribution in [2.24, 2.45) is 0 Å². The fourth-order valence-corrected chi connectivity index (χ4v) is 2.04. The molecule has 0 amide bonds. The average molecular weight is 283 g/mol. The predicted molar refractivity (Wildman–Crippen MR) is 64.8 cm³/mol. The molecule has 4 heteroatoms. The van der Waals surface area contributed by atoms with E-state index < -0.39 is 0 Å². The number of ketones is 1. The van der Waals surface area contributed by atoms with Crippen molar-refractivity contribution in [1.29, 1.82) is 0 Å².